The zero-order chi connectivity index (χ0) is 20.2. The van der Waals surface area contributed by atoms with Crippen LogP contribution in [0.15, 0.2) is 58.0 Å². The molecular weight excluding hydrogens is 466 g/mol. The second kappa shape index (κ2) is 9.28. The van der Waals surface area contributed by atoms with E-state index in [-0.39, 0.29) is 0 Å². The van der Waals surface area contributed by atoms with Gasteiger partial charge in [-0.1, -0.05) is 34.1 Å². The van der Waals surface area contributed by atoms with E-state index in [1.165, 1.54) is 4.90 Å². The van der Waals surface area contributed by atoms with Gasteiger partial charge in [-0.05, 0) is 55.6 Å². The van der Waals surface area contributed by atoms with Crippen molar-refractivity contribution in [3.63, 3.8) is 0 Å². The molecule has 8 heteroatoms. The molecule has 0 aliphatic carbocycles. The summed E-state index contributed by atoms with van der Waals surface area (Å²) in [5.74, 6) is 0.955. The zero-order valence-electron chi connectivity index (χ0n) is 16.1. The van der Waals surface area contributed by atoms with Gasteiger partial charge in [0.1, 0.15) is 0 Å². The summed E-state index contributed by atoms with van der Waals surface area (Å²) < 4.78 is 1.05. The number of nitrogens with one attached hydrogen (secondary N) is 2. The molecule has 2 aromatic carbocycles. The number of aromatic nitrogens is 2. The Morgan fingerprint density at radius 3 is 2.79 bits per heavy atom. The predicted octanol–water partition coefficient (Wildman–Crippen LogP) is 5.07. The second-order valence-electron chi connectivity index (χ2n) is 6.96. The molecule has 1 aromatic heterocycles. The van der Waals surface area contributed by atoms with Crippen molar-refractivity contribution in [2.24, 2.45) is 0 Å². The number of benzene rings is 2. The molecule has 2 heterocycles. The van der Waals surface area contributed by atoms with Gasteiger partial charge in [0.05, 0.1) is 11.9 Å². The van der Waals surface area contributed by atoms with Crippen LogP contribution in [0.1, 0.15) is 12.8 Å². The molecule has 1 fully saturated rings. The molecule has 0 bridgehead atoms. The number of hydrogen-bond acceptors (Lipinski definition) is 5. The first-order chi connectivity index (χ1) is 14.1. The Kier molecular flexibility index (Phi) is 6.52. The zero-order valence-corrected chi connectivity index (χ0v) is 19.3. The lowest BCUT2D eigenvalue weighted by Crippen LogP contribution is -2.46. The molecule has 5 nitrogen and oxygen atoms in total. The molecule has 0 saturated carbocycles. The number of para-hydroxylation sites is 1. The Hall–Kier alpha value is -1.90. The van der Waals surface area contributed by atoms with Crippen molar-refractivity contribution in [1.82, 2.24) is 15.5 Å². The number of thioether (sulfide) groups is 1. The van der Waals surface area contributed by atoms with Crippen LogP contribution < -0.4 is 15.5 Å². The lowest BCUT2D eigenvalue weighted by Gasteiger charge is -2.34. The second-order valence-corrected chi connectivity index (χ2v) is 9.13. The normalized spacial score (nSPS) is 14.8. The van der Waals surface area contributed by atoms with Crippen molar-refractivity contribution in [1.29, 1.82) is 0 Å². The van der Waals surface area contributed by atoms with Crippen molar-refractivity contribution in [2.45, 2.75) is 23.8 Å². The van der Waals surface area contributed by atoms with Gasteiger partial charge in [0.15, 0.2) is 10.9 Å². The summed E-state index contributed by atoms with van der Waals surface area (Å²) >= 11 is 10.8. The van der Waals surface area contributed by atoms with Crippen molar-refractivity contribution in [3.8, 4) is 0 Å². The summed E-state index contributed by atoms with van der Waals surface area (Å²) in [5, 5.41) is 18.4. The Balaban J connectivity index is 1.37. The van der Waals surface area contributed by atoms with Crippen LogP contribution in [0.2, 0.25) is 0 Å². The molecule has 0 atom stereocenters. The van der Waals surface area contributed by atoms with Crippen LogP contribution in [0.5, 0.6) is 0 Å². The third-order valence-electron chi connectivity index (χ3n) is 5.09. The molecule has 1 saturated heterocycles. The van der Waals surface area contributed by atoms with Crippen LogP contribution in [0.4, 0.5) is 11.5 Å². The number of nitrogens with zero attached hydrogens (tertiary/aromatic N) is 3. The minimum atomic E-state index is 0.349. The molecule has 0 amide bonds. The average molecular weight is 488 g/mol. The van der Waals surface area contributed by atoms with Crippen LogP contribution in [0.25, 0.3) is 10.8 Å². The van der Waals surface area contributed by atoms with Crippen LogP contribution in [-0.2, 0) is 0 Å². The third-order valence-corrected chi connectivity index (χ3v) is 6.60. The van der Waals surface area contributed by atoms with Gasteiger partial charge in [-0.25, -0.2) is 0 Å². The summed E-state index contributed by atoms with van der Waals surface area (Å²) in [7, 11) is 0. The van der Waals surface area contributed by atoms with Crippen molar-refractivity contribution in [2.75, 3.05) is 29.6 Å². The fraction of sp³-hybridized carbons (Fsp3) is 0.286. The van der Waals surface area contributed by atoms with E-state index in [0.29, 0.717) is 11.2 Å². The first-order valence-corrected chi connectivity index (χ1v) is 11.9. The van der Waals surface area contributed by atoms with Crippen LogP contribution in [0.3, 0.4) is 0 Å². The van der Waals surface area contributed by atoms with E-state index in [0.717, 1.165) is 52.7 Å². The van der Waals surface area contributed by atoms with Gasteiger partial charge in [-0.3, -0.25) is 0 Å². The van der Waals surface area contributed by atoms with Crippen LogP contribution in [0, 0.1) is 0 Å². The Labute approximate surface area is 188 Å². The highest BCUT2D eigenvalue weighted by molar-refractivity contribution is 9.10. The molecule has 1 aliphatic heterocycles. The quantitative estimate of drug-likeness (QED) is 0.393. The number of piperidine rings is 1. The number of thiocarbonyl (C=S) groups is 1. The molecule has 3 aromatic rings. The van der Waals surface area contributed by atoms with Gasteiger partial charge in [0, 0.05) is 39.3 Å². The molecule has 2 N–H and O–H groups in total. The number of rotatable bonds is 4. The molecule has 1 aliphatic rings. The first-order valence-electron chi connectivity index (χ1n) is 9.50. The van der Waals surface area contributed by atoms with E-state index in [2.05, 4.69) is 72.2 Å². The average Bonchev–Trinajstić information content (AvgIpc) is 2.74. The van der Waals surface area contributed by atoms with E-state index in [1.807, 2.05) is 24.4 Å². The molecule has 0 unspecified atom stereocenters. The Morgan fingerprint density at radius 1 is 1.21 bits per heavy atom. The maximum absolute atomic E-state index is 5.55. The van der Waals surface area contributed by atoms with Gasteiger partial charge >= 0.3 is 0 Å². The SMILES string of the molecule is CSc1ccccc1NC(=S)NC1CCN(c2nncc3ccc(Br)cc23)CC1. The van der Waals surface area contributed by atoms with Crippen molar-refractivity contribution < 1.29 is 0 Å². The first kappa shape index (κ1) is 20.4. The van der Waals surface area contributed by atoms with Gasteiger partial charge in [-0.15, -0.1) is 16.9 Å². The Morgan fingerprint density at radius 2 is 2.00 bits per heavy atom. The maximum Gasteiger partial charge on any atom is 0.171 e. The standard InChI is InChI=1S/C21H22BrN5S2/c1-29-19-5-3-2-4-18(19)25-21(28)24-16-8-10-27(11-9-16)20-17-12-15(22)7-6-14(17)13-23-26-20/h2-7,12-13,16H,8-11H2,1H3,(H2,24,25,28). The summed E-state index contributed by atoms with van der Waals surface area (Å²) in [6.45, 7) is 1.84. The topological polar surface area (TPSA) is 53.1 Å². The smallest absolute Gasteiger partial charge is 0.171 e. The summed E-state index contributed by atoms with van der Waals surface area (Å²) in [5.41, 5.74) is 1.05. The van der Waals surface area contributed by atoms with E-state index in [1.54, 1.807) is 11.8 Å². The van der Waals surface area contributed by atoms with Crippen LogP contribution >= 0.6 is 39.9 Å². The highest BCUT2D eigenvalue weighted by Crippen LogP contribution is 2.29. The number of fused-ring (bicyclic) bond motifs is 1. The fourth-order valence-corrected chi connectivity index (χ4v) is 4.79. The summed E-state index contributed by atoms with van der Waals surface area (Å²) in [6.07, 6.45) is 5.88. The van der Waals surface area contributed by atoms with E-state index >= 15 is 0 Å². The van der Waals surface area contributed by atoms with Crippen LogP contribution in [-0.4, -0.2) is 40.7 Å². The van der Waals surface area contributed by atoms with Gasteiger partial charge in [0.2, 0.25) is 0 Å². The molecular formula is C21H22BrN5S2. The largest absolute Gasteiger partial charge is 0.360 e. The monoisotopic (exact) mass is 487 g/mol. The fourth-order valence-electron chi connectivity index (χ4n) is 3.60. The predicted molar refractivity (Wildman–Crippen MR) is 130 cm³/mol. The highest BCUT2D eigenvalue weighted by Gasteiger charge is 2.22. The van der Waals surface area contributed by atoms with Gasteiger partial charge < -0.3 is 15.5 Å². The van der Waals surface area contributed by atoms with Gasteiger partial charge in [0.25, 0.3) is 0 Å². The summed E-state index contributed by atoms with van der Waals surface area (Å²) in [4.78, 5) is 3.51. The van der Waals surface area contributed by atoms with E-state index in [9.17, 15) is 0 Å². The highest BCUT2D eigenvalue weighted by atomic mass is 79.9. The minimum Gasteiger partial charge on any atom is -0.360 e. The van der Waals surface area contributed by atoms with E-state index in [4.69, 9.17) is 12.2 Å². The molecule has 29 heavy (non-hydrogen) atoms. The lowest BCUT2D eigenvalue weighted by molar-refractivity contribution is 0.466. The Bertz CT molecular complexity index is 1020. The van der Waals surface area contributed by atoms with Crippen molar-refractivity contribution in [3.05, 3.63) is 53.1 Å². The molecule has 0 spiro atoms. The molecule has 4 rings (SSSR count). The van der Waals surface area contributed by atoms with E-state index < -0.39 is 0 Å². The molecule has 150 valence electrons. The number of halogens is 1. The summed E-state index contributed by atoms with van der Waals surface area (Å²) in [6, 6.07) is 14.8. The lowest BCUT2D eigenvalue weighted by atomic mass is 10.0. The van der Waals surface area contributed by atoms with Gasteiger partial charge in [-0.2, -0.15) is 5.10 Å². The minimum absolute atomic E-state index is 0.349. The van der Waals surface area contributed by atoms with Crippen molar-refractivity contribution >= 4 is 67.3 Å². The maximum atomic E-state index is 5.55. The number of anilines is 2. The molecule has 0 radical (unpaired) electrons. The third kappa shape index (κ3) is 4.82. The number of hydrogen-bond donors (Lipinski definition) is 2.